The van der Waals surface area contributed by atoms with Crippen LogP contribution in [0, 0.1) is 17.8 Å². The summed E-state index contributed by atoms with van der Waals surface area (Å²) in [5, 5.41) is 0. The van der Waals surface area contributed by atoms with Crippen molar-refractivity contribution in [3.05, 3.63) is 42.0 Å². The third-order valence-corrected chi connectivity index (χ3v) is 8.78. The lowest BCUT2D eigenvalue weighted by atomic mass is 9.77. The van der Waals surface area contributed by atoms with Crippen molar-refractivity contribution >= 4 is 0 Å². The van der Waals surface area contributed by atoms with Gasteiger partial charge < -0.3 is 4.74 Å². The minimum atomic E-state index is 0.707. The molecule has 0 atom stereocenters. The summed E-state index contributed by atoms with van der Waals surface area (Å²) in [6.45, 7) is 5.32. The summed E-state index contributed by atoms with van der Waals surface area (Å²) in [7, 11) is 0. The molecule has 1 heteroatoms. The molecule has 0 radical (unpaired) electrons. The molecule has 0 aliphatic heterocycles. The first-order chi connectivity index (χ1) is 16.8. The van der Waals surface area contributed by atoms with Crippen LogP contribution in [0.5, 0.6) is 5.75 Å². The lowest BCUT2D eigenvalue weighted by Gasteiger charge is -2.29. The Balaban J connectivity index is 1.27. The van der Waals surface area contributed by atoms with E-state index < -0.39 is 0 Å². The second-order valence-corrected chi connectivity index (χ2v) is 11.5. The Hall–Kier alpha value is -1.24. The van der Waals surface area contributed by atoms with E-state index in [1.54, 1.807) is 0 Å². The van der Waals surface area contributed by atoms with Crippen molar-refractivity contribution in [1.82, 2.24) is 0 Å². The Morgan fingerprint density at radius 2 is 1.24 bits per heavy atom. The van der Waals surface area contributed by atoms with Gasteiger partial charge >= 0.3 is 0 Å². The first-order valence-corrected chi connectivity index (χ1v) is 15.2. The minimum Gasteiger partial charge on any atom is -0.490 e. The number of ether oxygens (including phenoxy) is 1. The van der Waals surface area contributed by atoms with E-state index in [1.807, 2.05) is 0 Å². The standard InChI is InChI=1S/C33H54O/c1-3-5-7-8-10-13-29-19-21-31(22-20-29)32-23-25-33(26-24-32)34-27-11-14-30-17-15-28(16-18-30)12-9-6-4-2/h11,14,23-26,28-31H,3-10,12-13,15-22,27H2,1-2H3. The topological polar surface area (TPSA) is 9.23 Å². The van der Waals surface area contributed by atoms with Crippen LogP contribution in [0.3, 0.4) is 0 Å². The number of rotatable bonds is 15. The van der Waals surface area contributed by atoms with Crippen LogP contribution in [-0.2, 0) is 0 Å². The van der Waals surface area contributed by atoms with Crippen LogP contribution in [0.4, 0.5) is 0 Å². The average Bonchev–Trinajstić information content (AvgIpc) is 2.88. The number of benzene rings is 1. The third-order valence-electron chi connectivity index (χ3n) is 8.78. The van der Waals surface area contributed by atoms with E-state index in [4.69, 9.17) is 4.74 Å². The predicted octanol–water partition coefficient (Wildman–Crippen LogP) is 10.6. The van der Waals surface area contributed by atoms with E-state index in [0.717, 1.165) is 29.4 Å². The molecule has 1 nitrogen and oxygen atoms in total. The molecule has 2 saturated carbocycles. The molecule has 0 aromatic heterocycles. The van der Waals surface area contributed by atoms with Crippen molar-refractivity contribution in [2.24, 2.45) is 17.8 Å². The first-order valence-electron chi connectivity index (χ1n) is 15.2. The van der Waals surface area contributed by atoms with Gasteiger partial charge in [-0.15, -0.1) is 0 Å². The number of hydrogen-bond donors (Lipinski definition) is 0. The fourth-order valence-electron chi connectivity index (χ4n) is 6.40. The summed E-state index contributed by atoms with van der Waals surface area (Å²) in [6.07, 6.45) is 30.2. The molecule has 2 fully saturated rings. The summed E-state index contributed by atoms with van der Waals surface area (Å²) in [6, 6.07) is 9.05. The van der Waals surface area contributed by atoms with Crippen molar-refractivity contribution in [3.8, 4) is 5.75 Å². The maximum absolute atomic E-state index is 6.03. The van der Waals surface area contributed by atoms with Gasteiger partial charge in [0.15, 0.2) is 0 Å². The lowest BCUT2D eigenvalue weighted by molar-refractivity contribution is 0.288. The van der Waals surface area contributed by atoms with Gasteiger partial charge in [0.05, 0.1) is 0 Å². The van der Waals surface area contributed by atoms with Crippen LogP contribution in [0.1, 0.15) is 141 Å². The molecular formula is C33H54O. The Kier molecular flexibility index (Phi) is 13.2. The molecule has 192 valence electrons. The van der Waals surface area contributed by atoms with E-state index in [2.05, 4.69) is 50.3 Å². The molecule has 0 saturated heterocycles. The quantitative estimate of drug-likeness (QED) is 0.184. The largest absolute Gasteiger partial charge is 0.490 e. The first kappa shape index (κ1) is 27.3. The van der Waals surface area contributed by atoms with E-state index in [-0.39, 0.29) is 0 Å². The van der Waals surface area contributed by atoms with Crippen molar-refractivity contribution < 1.29 is 4.74 Å². The minimum absolute atomic E-state index is 0.707. The smallest absolute Gasteiger partial charge is 0.119 e. The van der Waals surface area contributed by atoms with Gasteiger partial charge in [-0.3, -0.25) is 0 Å². The van der Waals surface area contributed by atoms with E-state index >= 15 is 0 Å². The van der Waals surface area contributed by atoms with Crippen LogP contribution in [0.2, 0.25) is 0 Å². The highest BCUT2D eigenvalue weighted by molar-refractivity contribution is 5.30. The highest BCUT2D eigenvalue weighted by atomic mass is 16.5. The number of hydrogen-bond acceptors (Lipinski definition) is 1. The van der Waals surface area contributed by atoms with Crippen LogP contribution >= 0.6 is 0 Å². The van der Waals surface area contributed by atoms with Crippen LogP contribution in [-0.4, -0.2) is 6.61 Å². The van der Waals surface area contributed by atoms with Gasteiger partial charge in [0.1, 0.15) is 12.4 Å². The summed E-state index contributed by atoms with van der Waals surface area (Å²) >= 11 is 0. The normalized spacial score (nSPS) is 25.6. The van der Waals surface area contributed by atoms with E-state index in [0.29, 0.717) is 6.61 Å². The summed E-state index contributed by atoms with van der Waals surface area (Å²) < 4.78 is 6.03. The number of allylic oxidation sites excluding steroid dienone is 1. The molecule has 0 spiro atoms. The molecule has 0 amide bonds. The second-order valence-electron chi connectivity index (χ2n) is 11.5. The molecule has 0 unspecified atom stereocenters. The van der Waals surface area contributed by atoms with Crippen molar-refractivity contribution in [1.29, 1.82) is 0 Å². The van der Waals surface area contributed by atoms with Gasteiger partial charge in [0.2, 0.25) is 0 Å². The molecular weight excluding hydrogens is 412 g/mol. The molecule has 2 aliphatic carbocycles. The summed E-state index contributed by atoms with van der Waals surface area (Å²) in [4.78, 5) is 0. The predicted molar refractivity (Wildman–Crippen MR) is 149 cm³/mol. The van der Waals surface area contributed by atoms with Crippen LogP contribution < -0.4 is 4.74 Å². The average molecular weight is 467 g/mol. The highest BCUT2D eigenvalue weighted by Gasteiger charge is 2.22. The van der Waals surface area contributed by atoms with Crippen LogP contribution in [0.15, 0.2) is 36.4 Å². The fourth-order valence-corrected chi connectivity index (χ4v) is 6.40. The Bertz CT molecular complexity index is 644. The summed E-state index contributed by atoms with van der Waals surface area (Å²) in [5.74, 6) is 4.55. The van der Waals surface area contributed by atoms with Gasteiger partial charge in [-0.1, -0.05) is 102 Å². The van der Waals surface area contributed by atoms with Gasteiger partial charge in [0.25, 0.3) is 0 Å². The second kappa shape index (κ2) is 16.4. The lowest BCUT2D eigenvalue weighted by Crippen LogP contribution is -2.13. The van der Waals surface area contributed by atoms with Gasteiger partial charge in [-0.2, -0.15) is 0 Å². The van der Waals surface area contributed by atoms with Crippen molar-refractivity contribution in [3.63, 3.8) is 0 Å². The maximum Gasteiger partial charge on any atom is 0.119 e. The molecule has 2 aliphatic rings. The van der Waals surface area contributed by atoms with Crippen molar-refractivity contribution in [2.75, 3.05) is 6.61 Å². The maximum atomic E-state index is 6.03. The number of unbranched alkanes of at least 4 members (excludes halogenated alkanes) is 6. The zero-order chi connectivity index (χ0) is 23.8. The zero-order valence-electron chi connectivity index (χ0n) is 22.6. The molecule has 0 N–H and O–H groups in total. The molecule has 0 bridgehead atoms. The Morgan fingerprint density at radius 1 is 0.676 bits per heavy atom. The van der Waals surface area contributed by atoms with Crippen LogP contribution in [0.25, 0.3) is 0 Å². The van der Waals surface area contributed by atoms with Gasteiger partial charge in [0, 0.05) is 0 Å². The molecule has 3 rings (SSSR count). The monoisotopic (exact) mass is 466 g/mol. The zero-order valence-corrected chi connectivity index (χ0v) is 22.6. The molecule has 1 aromatic rings. The highest BCUT2D eigenvalue weighted by Crippen LogP contribution is 2.38. The Morgan fingerprint density at radius 3 is 1.88 bits per heavy atom. The molecule has 34 heavy (non-hydrogen) atoms. The van der Waals surface area contributed by atoms with Gasteiger partial charge in [-0.05, 0) is 92.7 Å². The third kappa shape index (κ3) is 10.2. The fraction of sp³-hybridized carbons (Fsp3) is 0.758. The molecule has 1 aromatic carbocycles. The van der Waals surface area contributed by atoms with E-state index in [9.17, 15) is 0 Å². The summed E-state index contributed by atoms with van der Waals surface area (Å²) in [5.41, 5.74) is 1.53. The van der Waals surface area contributed by atoms with Crippen molar-refractivity contribution in [2.45, 2.75) is 135 Å². The van der Waals surface area contributed by atoms with E-state index in [1.165, 1.54) is 121 Å². The molecule has 0 heterocycles. The Labute approximate surface area is 212 Å². The SMILES string of the molecule is CCCCCCCC1CCC(c2ccc(OCC=CC3CCC(CCCCC)CC3)cc2)CC1. The van der Waals surface area contributed by atoms with Gasteiger partial charge in [-0.25, -0.2) is 0 Å².